The molecule has 0 spiro atoms. The number of hydrogen-bond acceptors (Lipinski definition) is 6. The van der Waals surface area contributed by atoms with Gasteiger partial charge in [-0.15, -0.1) is 0 Å². The molecule has 2 heterocycles. The van der Waals surface area contributed by atoms with Crippen molar-refractivity contribution in [3.8, 4) is 0 Å². The lowest BCUT2D eigenvalue weighted by molar-refractivity contribution is -0.144. The maximum absolute atomic E-state index is 13.5. The largest absolute Gasteiger partial charge is 0.480 e. The van der Waals surface area contributed by atoms with Gasteiger partial charge in [0, 0.05) is 18.7 Å². The summed E-state index contributed by atoms with van der Waals surface area (Å²) in [5.74, 6) is -2.31. The third-order valence-corrected chi connectivity index (χ3v) is 6.27. The molecule has 2 aliphatic heterocycles. The highest BCUT2D eigenvalue weighted by atomic mass is 32.1. The molecule has 4 unspecified atom stereocenters. The highest BCUT2D eigenvalue weighted by molar-refractivity contribution is 7.80. The predicted molar refractivity (Wildman–Crippen MR) is 121 cm³/mol. The molecule has 9 nitrogen and oxygen atoms in total. The fraction of sp³-hybridized carbons (Fsp3) is 0.545. The standard InChI is InChI=1S/C22H30N4O5S/c27-19(15-8-4-10-23-15)24-16(12-14-6-2-1-3-7-14)21(29)26-11-5-9-18(26)20(28)25-17(13-32)22(30)31/h1-3,6-7,15-18,23,32H,4-5,8-13H2,(H,24,27)(H,25,28)(H,30,31). The molecule has 4 N–H and O–H groups in total. The Morgan fingerprint density at radius 3 is 2.41 bits per heavy atom. The van der Waals surface area contributed by atoms with Gasteiger partial charge in [-0.05, 0) is 37.8 Å². The molecule has 1 aromatic carbocycles. The molecule has 2 saturated heterocycles. The highest BCUT2D eigenvalue weighted by Crippen LogP contribution is 2.20. The monoisotopic (exact) mass is 462 g/mol. The van der Waals surface area contributed by atoms with Crippen molar-refractivity contribution >= 4 is 36.3 Å². The second kappa shape index (κ2) is 11.3. The number of carboxylic acid groups (broad SMARTS) is 1. The first kappa shape index (κ1) is 24.1. The minimum absolute atomic E-state index is 0.0528. The maximum atomic E-state index is 13.5. The van der Waals surface area contributed by atoms with E-state index in [9.17, 15) is 24.3 Å². The number of carbonyl (C=O) groups excluding carboxylic acids is 3. The number of hydrogen-bond donors (Lipinski definition) is 5. The van der Waals surface area contributed by atoms with Gasteiger partial charge in [0.25, 0.3) is 0 Å². The molecule has 10 heteroatoms. The van der Waals surface area contributed by atoms with Crippen molar-refractivity contribution in [1.82, 2.24) is 20.9 Å². The van der Waals surface area contributed by atoms with E-state index in [1.807, 2.05) is 30.3 Å². The van der Waals surface area contributed by atoms with Gasteiger partial charge in [0.1, 0.15) is 18.1 Å². The van der Waals surface area contributed by atoms with E-state index in [0.29, 0.717) is 32.2 Å². The molecule has 2 fully saturated rings. The second-order valence-electron chi connectivity index (χ2n) is 8.17. The van der Waals surface area contributed by atoms with E-state index < -0.39 is 30.0 Å². The summed E-state index contributed by atoms with van der Waals surface area (Å²) in [6.07, 6.45) is 2.98. The number of nitrogens with zero attached hydrogens (tertiary/aromatic N) is 1. The molecule has 174 valence electrons. The zero-order valence-electron chi connectivity index (χ0n) is 17.8. The van der Waals surface area contributed by atoms with E-state index in [1.54, 1.807) is 0 Å². The number of thiol groups is 1. The quantitative estimate of drug-likeness (QED) is 0.328. The minimum atomic E-state index is -1.18. The summed E-state index contributed by atoms with van der Waals surface area (Å²) in [6.45, 7) is 1.14. The number of aliphatic carboxylic acids is 1. The Bertz CT molecular complexity index is 831. The SMILES string of the molecule is O=C(O)C(CS)NC(=O)C1CCCN1C(=O)C(Cc1ccccc1)NC(=O)C1CCCN1. The normalized spacial score (nSPS) is 22.2. The van der Waals surface area contributed by atoms with Crippen molar-refractivity contribution in [3.63, 3.8) is 0 Å². The fourth-order valence-corrected chi connectivity index (χ4v) is 4.43. The average molecular weight is 463 g/mol. The van der Waals surface area contributed by atoms with Crippen LogP contribution in [0.5, 0.6) is 0 Å². The van der Waals surface area contributed by atoms with Crippen LogP contribution < -0.4 is 16.0 Å². The summed E-state index contributed by atoms with van der Waals surface area (Å²) < 4.78 is 0. The fourth-order valence-electron chi connectivity index (χ4n) is 4.19. The molecule has 1 aromatic rings. The minimum Gasteiger partial charge on any atom is -0.480 e. The van der Waals surface area contributed by atoms with Crippen LogP contribution in [0.25, 0.3) is 0 Å². The summed E-state index contributed by atoms with van der Waals surface area (Å²) in [5.41, 5.74) is 0.895. The van der Waals surface area contributed by atoms with Gasteiger partial charge in [-0.3, -0.25) is 14.4 Å². The predicted octanol–water partition coefficient (Wildman–Crippen LogP) is -0.0439. The Balaban J connectivity index is 1.74. The molecule has 2 aliphatic rings. The summed E-state index contributed by atoms with van der Waals surface area (Å²) in [4.78, 5) is 51.7. The molecular formula is C22H30N4O5S. The molecule has 3 amide bonds. The van der Waals surface area contributed by atoms with Crippen molar-refractivity contribution in [1.29, 1.82) is 0 Å². The van der Waals surface area contributed by atoms with Gasteiger partial charge >= 0.3 is 5.97 Å². The van der Waals surface area contributed by atoms with Crippen LogP contribution in [-0.4, -0.2) is 76.7 Å². The number of carboxylic acids is 1. The third-order valence-electron chi connectivity index (χ3n) is 5.91. The van der Waals surface area contributed by atoms with E-state index in [2.05, 4.69) is 28.6 Å². The zero-order chi connectivity index (χ0) is 23.1. The van der Waals surface area contributed by atoms with Crippen molar-refractivity contribution in [2.75, 3.05) is 18.8 Å². The number of likely N-dealkylation sites (tertiary alicyclic amines) is 1. The number of amides is 3. The molecule has 4 atom stereocenters. The van der Waals surface area contributed by atoms with Gasteiger partial charge in [0.15, 0.2) is 0 Å². The van der Waals surface area contributed by atoms with Crippen LogP contribution in [0.3, 0.4) is 0 Å². The molecule has 0 saturated carbocycles. The lowest BCUT2D eigenvalue weighted by atomic mass is 10.0. The Kier molecular flexibility index (Phi) is 8.52. The van der Waals surface area contributed by atoms with E-state index in [-0.39, 0.29) is 23.6 Å². The van der Waals surface area contributed by atoms with Crippen LogP contribution in [0.15, 0.2) is 30.3 Å². The molecule has 0 aromatic heterocycles. The van der Waals surface area contributed by atoms with E-state index in [1.165, 1.54) is 4.90 Å². The lowest BCUT2D eigenvalue weighted by Gasteiger charge is -2.30. The van der Waals surface area contributed by atoms with Crippen LogP contribution in [0.1, 0.15) is 31.2 Å². The van der Waals surface area contributed by atoms with E-state index in [4.69, 9.17) is 0 Å². The van der Waals surface area contributed by atoms with Crippen LogP contribution in [-0.2, 0) is 25.6 Å². The van der Waals surface area contributed by atoms with Gasteiger partial charge in [0.2, 0.25) is 17.7 Å². The third kappa shape index (κ3) is 6.01. The number of rotatable bonds is 9. The first-order valence-corrected chi connectivity index (χ1v) is 11.6. The number of nitrogens with one attached hydrogen (secondary N) is 3. The Labute approximate surface area is 192 Å². The van der Waals surface area contributed by atoms with Crippen molar-refractivity contribution in [2.24, 2.45) is 0 Å². The van der Waals surface area contributed by atoms with Gasteiger partial charge in [-0.25, -0.2) is 4.79 Å². The molecular weight excluding hydrogens is 432 g/mol. The zero-order valence-corrected chi connectivity index (χ0v) is 18.7. The van der Waals surface area contributed by atoms with Gasteiger partial charge in [-0.1, -0.05) is 30.3 Å². The van der Waals surface area contributed by atoms with E-state index in [0.717, 1.165) is 18.5 Å². The summed E-state index contributed by atoms with van der Waals surface area (Å²) in [7, 11) is 0. The number of carbonyl (C=O) groups is 4. The first-order chi connectivity index (χ1) is 15.4. The molecule has 0 radical (unpaired) electrons. The van der Waals surface area contributed by atoms with Crippen LogP contribution in [0, 0.1) is 0 Å². The topological polar surface area (TPSA) is 128 Å². The molecule has 0 aliphatic carbocycles. The van der Waals surface area contributed by atoms with E-state index >= 15 is 0 Å². The van der Waals surface area contributed by atoms with Crippen molar-refractivity contribution < 1.29 is 24.3 Å². The maximum Gasteiger partial charge on any atom is 0.327 e. The average Bonchev–Trinajstić information content (AvgIpc) is 3.49. The van der Waals surface area contributed by atoms with Crippen LogP contribution in [0.2, 0.25) is 0 Å². The van der Waals surface area contributed by atoms with Crippen molar-refractivity contribution in [2.45, 2.75) is 56.3 Å². The lowest BCUT2D eigenvalue weighted by Crippen LogP contribution is -2.57. The Morgan fingerprint density at radius 2 is 1.78 bits per heavy atom. The van der Waals surface area contributed by atoms with Gasteiger partial charge in [-0.2, -0.15) is 12.6 Å². The summed E-state index contributed by atoms with van der Waals surface area (Å²) in [6, 6.07) is 6.34. The second-order valence-corrected chi connectivity index (χ2v) is 8.54. The van der Waals surface area contributed by atoms with Crippen LogP contribution in [0.4, 0.5) is 0 Å². The first-order valence-electron chi connectivity index (χ1n) is 10.9. The van der Waals surface area contributed by atoms with Crippen molar-refractivity contribution in [3.05, 3.63) is 35.9 Å². The summed E-state index contributed by atoms with van der Waals surface area (Å²) >= 11 is 3.97. The van der Waals surface area contributed by atoms with Gasteiger partial charge < -0.3 is 26.0 Å². The summed E-state index contributed by atoms with van der Waals surface area (Å²) in [5, 5.41) is 17.7. The smallest absolute Gasteiger partial charge is 0.327 e. The van der Waals surface area contributed by atoms with Gasteiger partial charge in [0.05, 0.1) is 6.04 Å². The highest BCUT2D eigenvalue weighted by Gasteiger charge is 2.39. The molecule has 3 rings (SSSR count). The Hall–Kier alpha value is -2.59. The van der Waals surface area contributed by atoms with Crippen LogP contribution >= 0.6 is 12.6 Å². The molecule has 32 heavy (non-hydrogen) atoms. The number of benzene rings is 1. The molecule has 0 bridgehead atoms. The Morgan fingerprint density at radius 1 is 1.06 bits per heavy atom.